The van der Waals surface area contributed by atoms with Crippen molar-refractivity contribution in [2.75, 3.05) is 14.2 Å². The highest BCUT2D eigenvalue weighted by Crippen LogP contribution is 2.21. The number of benzene rings is 1. The van der Waals surface area contributed by atoms with Crippen molar-refractivity contribution in [3.63, 3.8) is 0 Å². The fourth-order valence-electron chi connectivity index (χ4n) is 2.10. The van der Waals surface area contributed by atoms with Gasteiger partial charge in [0.1, 0.15) is 0 Å². The molecule has 0 saturated heterocycles. The van der Waals surface area contributed by atoms with E-state index in [0.717, 1.165) is 6.29 Å². The summed E-state index contributed by atoms with van der Waals surface area (Å²) in [4.78, 5) is 26.4. The molecule has 0 fully saturated rings. The van der Waals surface area contributed by atoms with Crippen molar-refractivity contribution in [1.29, 1.82) is 0 Å². The zero-order valence-corrected chi connectivity index (χ0v) is 13.3. The van der Waals surface area contributed by atoms with E-state index in [2.05, 4.69) is 0 Å². The van der Waals surface area contributed by atoms with Gasteiger partial charge in [-0.2, -0.15) is 0 Å². The Labute approximate surface area is 133 Å². The molecule has 0 aliphatic carbocycles. The molecule has 0 amide bonds. The normalized spacial score (nSPS) is 11.1. The Morgan fingerprint density at radius 2 is 2.05 bits per heavy atom. The van der Waals surface area contributed by atoms with Gasteiger partial charge >= 0.3 is 5.97 Å². The SMILES string of the molecule is COC(=O)/C(=C/N(C)Cc1cccs1)c1ccccc1C=O. The molecular formula is C17H17NO3S. The third-order valence-electron chi connectivity index (χ3n) is 3.12. The molecule has 4 nitrogen and oxygen atoms in total. The van der Waals surface area contributed by atoms with Crippen LogP contribution in [0.25, 0.3) is 5.57 Å². The van der Waals surface area contributed by atoms with Gasteiger partial charge in [0, 0.05) is 29.3 Å². The molecule has 22 heavy (non-hydrogen) atoms. The Kier molecular flexibility index (Phi) is 5.49. The van der Waals surface area contributed by atoms with E-state index in [1.54, 1.807) is 41.8 Å². The molecule has 0 aliphatic rings. The first-order chi connectivity index (χ1) is 10.7. The highest BCUT2D eigenvalue weighted by atomic mass is 32.1. The lowest BCUT2D eigenvalue weighted by atomic mass is 10.0. The maximum atomic E-state index is 12.1. The fourth-order valence-corrected chi connectivity index (χ4v) is 2.87. The van der Waals surface area contributed by atoms with Gasteiger partial charge in [0.25, 0.3) is 0 Å². The molecule has 0 spiro atoms. The summed E-state index contributed by atoms with van der Waals surface area (Å²) in [5, 5.41) is 2.01. The molecule has 2 rings (SSSR count). The van der Waals surface area contributed by atoms with Crippen LogP contribution in [0.2, 0.25) is 0 Å². The molecule has 114 valence electrons. The first-order valence-corrected chi connectivity index (χ1v) is 7.61. The second-order valence-electron chi connectivity index (χ2n) is 4.73. The molecule has 2 aromatic rings. The molecule has 5 heteroatoms. The van der Waals surface area contributed by atoms with Gasteiger partial charge in [-0.15, -0.1) is 11.3 Å². The number of carbonyl (C=O) groups excluding carboxylic acids is 2. The van der Waals surface area contributed by atoms with Crippen molar-refractivity contribution in [2.24, 2.45) is 0 Å². The predicted molar refractivity (Wildman–Crippen MR) is 87.6 cm³/mol. The van der Waals surface area contributed by atoms with Crippen LogP contribution in [0, 0.1) is 0 Å². The number of hydrogen-bond acceptors (Lipinski definition) is 5. The molecular weight excluding hydrogens is 298 g/mol. The van der Waals surface area contributed by atoms with Crippen molar-refractivity contribution in [3.05, 3.63) is 64.0 Å². The zero-order valence-electron chi connectivity index (χ0n) is 12.5. The molecule has 0 N–H and O–H groups in total. The fraction of sp³-hybridized carbons (Fsp3) is 0.176. The van der Waals surface area contributed by atoms with Crippen LogP contribution >= 0.6 is 11.3 Å². The Morgan fingerprint density at radius 3 is 2.68 bits per heavy atom. The number of carbonyl (C=O) groups is 2. The number of nitrogens with zero attached hydrogens (tertiary/aromatic N) is 1. The van der Waals surface area contributed by atoms with Gasteiger partial charge in [-0.05, 0) is 11.4 Å². The Morgan fingerprint density at radius 1 is 1.27 bits per heavy atom. The summed E-state index contributed by atoms with van der Waals surface area (Å²) in [6.45, 7) is 0.682. The zero-order chi connectivity index (χ0) is 15.9. The minimum atomic E-state index is -0.465. The van der Waals surface area contributed by atoms with E-state index in [4.69, 9.17) is 4.74 Å². The first kappa shape index (κ1) is 16.0. The van der Waals surface area contributed by atoms with Crippen LogP contribution < -0.4 is 0 Å². The van der Waals surface area contributed by atoms with E-state index in [1.165, 1.54) is 12.0 Å². The summed E-state index contributed by atoms with van der Waals surface area (Å²) in [6, 6.07) is 11.0. The van der Waals surface area contributed by atoms with Crippen LogP contribution in [0.1, 0.15) is 20.8 Å². The summed E-state index contributed by atoms with van der Waals surface area (Å²) in [5.74, 6) is -0.465. The van der Waals surface area contributed by atoms with Gasteiger partial charge in [0.05, 0.1) is 19.2 Å². The molecule has 0 saturated carbocycles. The second kappa shape index (κ2) is 7.56. The van der Waals surface area contributed by atoms with Crippen molar-refractivity contribution in [1.82, 2.24) is 4.90 Å². The predicted octanol–water partition coefficient (Wildman–Crippen LogP) is 3.21. The first-order valence-electron chi connectivity index (χ1n) is 6.73. The monoisotopic (exact) mass is 315 g/mol. The minimum Gasteiger partial charge on any atom is -0.465 e. The van der Waals surface area contributed by atoms with Crippen LogP contribution in [0.3, 0.4) is 0 Å². The molecule has 0 aliphatic heterocycles. The Bertz CT molecular complexity index is 677. The Balaban J connectivity index is 2.35. The summed E-state index contributed by atoms with van der Waals surface area (Å²) >= 11 is 1.65. The van der Waals surface area contributed by atoms with Gasteiger partial charge in [-0.1, -0.05) is 30.3 Å². The number of hydrogen-bond donors (Lipinski definition) is 0. The molecule has 1 aromatic heterocycles. The van der Waals surface area contributed by atoms with Gasteiger partial charge in [0.15, 0.2) is 6.29 Å². The van der Waals surface area contributed by atoms with Crippen molar-refractivity contribution in [2.45, 2.75) is 6.54 Å². The lowest BCUT2D eigenvalue weighted by molar-refractivity contribution is -0.133. The van der Waals surface area contributed by atoms with Crippen LogP contribution in [-0.2, 0) is 16.1 Å². The summed E-state index contributed by atoms with van der Waals surface area (Å²) in [5.41, 5.74) is 1.40. The minimum absolute atomic E-state index is 0.365. The third-order valence-corrected chi connectivity index (χ3v) is 3.98. The summed E-state index contributed by atoms with van der Waals surface area (Å²) in [7, 11) is 3.21. The molecule has 0 atom stereocenters. The average molecular weight is 315 g/mol. The number of rotatable bonds is 6. The van der Waals surface area contributed by atoms with E-state index < -0.39 is 5.97 Å². The highest BCUT2D eigenvalue weighted by Gasteiger charge is 2.16. The molecule has 1 heterocycles. The van der Waals surface area contributed by atoms with Gasteiger partial charge in [-0.3, -0.25) is 4.79 Å². The largest absolute Gasteiger partial charge is 0.465 e. The maximum absolute atomic E-state index is 12.1. The quantitative estimate of drug-likeness (QED) is 0.466. The molecule has 1 aromatic carbocycles. The number of ether oxygens (including phenoxy) is 1. The number of methoxy groups -OCH3 is 1. The molecule has 0 unspecified atom stereocenters. The molecule has 0 bridgehead atoms. The van der Waals surface area contributed by atoms with E-state index in [1.807, 2.05) is 29.5 Å². The highest BCUT2D eigenvalue weighted by molar-refractivity contribution is 7.09. The standard InChI is InChI=1S/C17H17NO3S/c1-18(10-14-7-5-9-22-14)11-16(17(20)21-2)15-8-4-3-6-13(15)12-19/h3-9,11-12H,10H2,1-2H3/b16-11+. The van der Waals surface area contributed by atoms with Crippen molar-refractivity contribution >= 4 is 29.2 Å². The van der Waals surface area contributed by atoms with Crippen molar-refractivity contribution < 1.29 is 14.3 Å². The van der Waals surface area contributed by atoms with E-state index in [9.17, 15) is 9.59 Å². The van der Waals surface area contributed by atoms with E-state index >= 15 is 0 Å². The topological polar surface area (TPSA) is 46.6 Å². The number of aldehydes is 1. The molecule has 0 radical (unpaired) electrons. The number of thiophene rings is 1. The second-order valence-corrected chi connectivity index (χ2v) is 5.77. The lowest BCUT2D eigenvalue weighted by Crippen LogP contribution is -2.14. The van der Waals surface area contributed by atoms with Gasteiger partial charge in [-0.25, -0.2) is 4.79 Å². The lowest BCUT2D eigenvalue weighted by Gasteiger charge is -2.16. The van der Waals surface area contributed by atoms with E-state index in [0.29, 0.717) is 23.2 Å². The van der Waals surface area contributed by atoms with Crippen molar-refractivity contribution in [3.8, 4) is 0 Å². The van der Waals surface area contributed by atoms with Crippen LogP contribution in [0.15, 0.2) is 48.0 Å². The number of esters is 1. The van der Waals surface area contributed by atoms with Crippen LogP contribution in [-0.4, -0.2) is 31.3 Å². The Hall–Kier alpha value is -2.40. The van der Waals surface area contributed by atoms with E-state index in [-0.39, 0.29) is 0 Å². The van der Waals surface area contributed by atoms with Gasteiger partial charge in [0.2, 0.25) is 0 Å². The summed E-state index contributed by atoms with van der Waals surface area (Å²) < 4.78 is 4.86. The van der Waals surface area contributed by atoms with Crippen LogP contribution in [0.5, 0.6) is 0 Å². The average Bonchev–Trinajstić information content (AvgIpc) is 3.04. The van der Waals surface area contributed by atoms with Gasteiger partial charge < -0.3 is 9.64 Å². The maximum Gasteiger partial charge on any atom is 0.339 e. The smallest absolute Gasteiger partial charge is 0.339 e. The summed E-state index contributed by atoms with van der Waals surface area (Å²) in [6.07, 6.45) is 2.46. The van der Waals surface area contributed by atoms with Crippen LogP contribution in [0.4, 0.5) is 0 Å². The third kappa shape index (κ3) is 3.83.